The summed E-state index contributed by atoms with van der Waals surface area (Å²) < 4.78 is 5.79. The lowest BCUT2D eigenvalue weighted by molar-refractivity contribution is -0.0337. The van der Waals surface area contributed by atoms with E-state index in [-0.39, 0.29) is 6.03 Å². The van der Waals surface area contributed by atoms with Gasteiger partial charge in [-0.05, 0) is 63.8 Å². The van der Waals surface area contributed by atoms with Crippen molar-refractivity contribution in [2.24, 2.45) is 0 Å². The smallest absolute Gasteiger partial charge is 0.321 e. The molecular weight excluding hydrogens is 314 g/mol. The minimum atomic E-state index is 0.0229. The number of carbonyl (C=O) groups is 1. The highest BCUT2D eigenvalue weighted by Crippen LogP contribution is 2.23. The minimum absolute atomic E-state index is 0.0229. The Hall–Kier alpha value is -1.75. The van der Waals surface area contributed by atoms with Gasteiger partial charge in [0.25, 0.3) is 0 Å². The molecule has 1 aromatic carbocycles. The molecule has 0 aliphatic carbocycles. The Morgan fingerprint density at radius 3 is 2.12 bits per heavy atom. The molecule has 2 heterocycles. The lowest BCUT2D eigenvalue weighted by atomic mass is 9.99. The van der Waals surface area contributed by atoms with Gasteiger partial charge in [-0.2, -0.15) is 0 Å². The van der Waals surface area contributed by atoms with Crippen molar-refractivity contribution in [3.8, 4) is 0 Å². The Labute approximate surface area is 151 Å². The third kappa shape index (κ3) is 5.36. The third-order valence-electron chi connectivity index (χ3n) is 5.10. The van der Waals surface area contributed by atoms with E-state index in [1.807, 2.05) is 29.2 Å². The van der Waals surface area contributed by atoms with Gasteiger partial charge in [-0.15, -0.1) is 0 Å². The molecule has 0 aromatic heterocycles. The Kier molecular flexibility index (Phi) is 6.19. The molecule has 2 saturated heterocycles. The van der Waals surface area contributed by atoms with Gasteiger partial charge in [0.15, 0.2) is 0 Å². The first-order valence-corrected chi connectivity index (χ1v) is 9.68. The summed E-state index contributed by atoms with van der Waals surface area (Å²) in [5, 5.41) is 6.61. The summed E-state index contributed by atoms with van der Waals surface area (Å²) in [5.41, 5.74) is 1.95. The molecule has 0 saturated carbocycles. The zero-order valence-corrected chi connectivity index (χ0v) is 15.5. The summed E-state index contributed by atoms with van der Waals surface area (Å²) >= 11 is 0. The molecule has 2 amide bonds. The molecule has 3 atom stereocenters. The number of hydrogen-bond acceptors (Lipinski definition) is 3. The summed E-state index contributed by atoms with van der Waals surface area (Å²) in [6, 6.07) is 8.51. The first-order chi connectivity index (χ1) is 12.1. The predicted octanol–water partition coefficient (Wildman–Crippen LogP) is 4.46. The van der Waals surface area contributed by atoms with Crippen LogP contribution in [0.25, 0.3) is 0 Å². The quantitative estimate of drug-likeness (QED) is 0.850. The number of amides is 2. The number of nitrogens with zero attached hydrogens (tertiary/aromatic N) is 1. The van der Waals surface area contributed by atoms with Crippen molar-refractivity contribution in [3.05, 3.63) is 24.3 Å². The van der Waals surface area contributed by atoms with E-state index in [4.69, 9.17) is 4.74 Å². The zero-order chi connectivity index (χ0) is 17.6. The number of rotatable bonds is 3. The maximum absolute atomic E-state index is 12.4. The van der Waals surface area contributed by atoms with E-state index in [0.29, 0.717) is 18.2 Å². The maximum Gasteiger partial charge on any atom is 0.321 e. The van der Waals surface area contributed by atoms with Crippen LogP contribution in [0.2, 0.25) is 0 Å². The van der Waals surface area contributed by atoms with Crippen molar-refractivity contribution in [2.45, 2.75) is 70.6 Å². The number of carbonyl (C=O) groups excluding carboxylic acids is 1. The number of nitrogens with one attached hydrogen (secondary N) is 2. The molecule has 1 unspecified atom stereocenters. The fraction of sp³-hybridized carbons (Fsp3) is 0.650. The van der Waals surface area contributed by atoms with Crippen LogP contribution in [-0.4, -0.2) is 42.3 Å². The van der Waals surface area contributed by atoms with Gasteiger partial charge in [-0.1, -0.05) is 12.8 Å². The lowest BCUT2D eigenvalue weighted by Crippen LogP contribution is -2.36. The molecule has 0 bridgehead atoms. The maximum atomic E-state index is 12.4. The van der Waals surface area contributed by atoms with E-state index in [2.05, 4.69) is 24.5 Å². The second-order valence-electron chi connectivity index (χ2n) is 7.48. The molecule has 1 aromatic rings. The molecule has 5 nitrogen and oxygen atoms in total. The van der Waals surface area contributed by atoms with E-state index in [9.17, 15) is 4.79 Å². The van der Waals surface area contributed by atoms with Gasteiger partial charge in [0.2, 0.25) is 0 Å². The highest BCUT2D eigenvalue weighted by atomic mass is 16.5. The minimum Gasteiger partial charge on any atom is -0.382 e. The number of ether oxygens (including phenoxy) is 1. The first kappa shape index (κ1) is 18.1. The highest BCUT2D eigenvalue weighted by Gasteiger charge is 2.24. The van der Waals surface area contributed by atoms with Gasteiger partial charge in [0.05, 0.1) is 12.2 Å². The third-order valence-corrected chi connectivity index (χ3v) is 5.10. The Balaban J connectivity index is 1.52. The van der Waals surface area contributed by atoms with Crippen LogP contribution >= 0.6 is 0 Å². The van der Waals surface area contributed by atoms with E-state index < -0.39 is 0 Å². The van der Waals surface area contributed by atoms with Gasteiger partial charge < -0.3 is 20.3 Å². The molecule has 5 heteroatoms. The molecular formula is C20H31N3O2. The molecule has 25 heavy (non-hydrogen) atoms. The van der Waals surface area contributed by atoms with Crippen LogP contribution in [0, 0.1) is 0 Å². The summed E-state index contributed by atoms with van der Waals surface area (Å²) in [6.07, 6.45) is 7.33. The van der Waals surface area contributed by atoms with Crippen LogP contribution in [0.3, 0.4) is 0 Å². The Morgan fingerprint density at radius 1 is 0.960 bits per heavy atom. The van der Waals surface area contributed by atoms with Crippen LogP contribution in [0.4, 0.5) is 16.2 Å². The van der Waals surface area contributed by atoms with Crippen molar-refractivity contribution in [1.82, 2.24) is 4.90 Å². The normalized spacial score (nSPS) is 27.4. The number of anilines is 2. The fourth-order valence-corrected chi connectivity index (χ4v) is 3.88. The molecule has 2 aliphatic heterocycles. The molecule has 138 valence electrons. The summed E-state index contributed by atoms with van der Waals surface area (Å²) in [7, 11) is 0. The van der Waals surface area contributed by atoms with Crippen LogP contribution in [-0.2, 0) is 4.74 Å². The first-order valence-electron chi connectivity index (χ1n) is 9.68. The van der Waals surface area contributed by atoms with Crippen molar-refractivity contribution < 1.29 is 9.53 Å². The van der Waals surface area contributed by atoms with Crippen LogP contribution < -0.4 is 10.6 Å². The summed E-state index contributed by atoms with van der Waals surface area (Å²) in [5.74, 6) is 0. The highest BCUT2D eigenvalue weighted by molar-refractivity contribution is 5.89. The average molecular weight is 345 g/mol. The van der Waals surface area contributed by atoms with Crippen LogP contribution in [0.5, 0.6) is 0 Å². The van der Waals surface area contributed by atoms with E-state index >= 15 is 0 Å². The Bertz CT molecular complexity index is 543. The molecule has 2 N–H and O–H groups in total. The SMILES string of the molecule is C[C@@H]1CC(Nc2ccc(NC(=O)N3CCCCCC3)cc2)C[C@H](C)O1. The van der Waals surface area contributed by atoms with Gasteiger partial charge in [0.1, 0.15) is 0 Å². The zero-order valence-electron chi connectivity index (χ0n) is 15.5. The standard InChI is InChI=1S/C20H31N3O2/c1-15-13-19(14-16(2)25-15)21-17-7-9-18(10-8-17)22-20(24)23-11-5-3-4-6-12-23/h7-10,15-16,19,21H,3-6,11-14H2,1-2H3,(H,22,24)/t15-,16+,19?. The van der Waals surface area contributed by atoms with Gasteiger partial charge in [-0.3, -0.25) is 0 Å². The largest absolute Gasteiger partial charge is 0.382 e. The number of hydrogen-bond donors (Lipinski definition) is 2. The Morgan fingerprint density at radius 2 is 1.52 bits per heavy atom. The molecule has 0 spiro atoms. The van der Waals surface area contributed by atoms with Crippen molar-refractivity contribution in [2.75, 3.05) is 23.7 Å². The average Bonchev–Trinajstić information content (AvgIpc) is 2.85. The number of urea groups is 1. The second-order valence-corrected chi connectivity index (χ2v) is 7.48. The summed E-state index contributed by atoms with van der Waals surface area (Å²) in [6.45, 7) is 5.99. The second kappa shape index (κ2) is 8.56. The monoisotopic (exact) mass is 345 g/mol. The van der Waals surface area contributed by atoms with Crippen LogP contribution in [0.15, 0.2) is 24.3 Å². The van der Waals surface area contributed by atoms with E-state index in [1.54, 1.807) is 0 Å². The molecule has 3 rings (SSSR count). The van der Waals surface area contributed by atoms with Gasteiger partial charge >= 0.3 is 6.03 Å². The number of benzene rings is 1. The van der Waals surface area contributed by atoms with E-state index in [1.165, 1.54) is 12.8 Å². The molecule has 0 radical (unpaired) electrons. The van der Waals surface area contributed by atoms with E-state index in [0.717, 1.165) is 50.1 Å². The van der Waals surface area contributed by atoms with Gasteiger partial charge in [0, 0.05) is 30.5 Å². The van der Waals surface area contributed by atoms with Crippen LogP contribution in [0.1, 0.15) is 52.4 Å². The van der Waals surface area contributed by atoms with Crippen molar-refractivity contribution in [3.63, 3.8) is 0 Å². The molecule has 2 fully saturated rings. The molecule has 2 aliphatic rings. The topological polar surface area (TPSA) is 53.6 Å². The number of likely N-dealkylation sites (tertiary alicyclic amines) is 1. The summed E-state index contributed by atoms with van der Waals surface area (Å²) in [4.78, 5) is 14.3. The van der Waals surface area contributed by atoms with Crippen molar-refractivity contribution in [1.29, 1.82) is 0 Å². The lowest BCUT2D eigenvalue weighted by Gasteiger charge is -2.33. The van der Waals surface area contributed by atoms with Crippen molar-refractivity contribution >= 4 is 17.4 Å². The predicted molar refractivity (Wildman–Crippen MR) is 102 cm³/mol. The fourth-order valence-electron chi connectivity index (χ4n) is 3.88. The van der Waals surface area contributed by atoms with Gasteiger partial charge in [-0.25, -0.2) is 4.79 Å².